The number of hydrogen-bond acceptors (Lipinski definition) is 1. The lowest BCUT2D eigenvalue weighted by Gasteiger charge is -2.07. The Hall–Kier alpha value is -1.61. The van der Waals surface area contributed by atoms with E-state index in [1.54, 1.807) is 0 Å². The predicted molar refractivity (Wildman–Crippen MR) is 87.3 cm³/mol. The van der Waals surface area contributed by atoms with Gasteiger partial charge in [0.2, 0.25) is 0 Å². The number of amides is 1. The molecule has 2 aromatic carbocycles. The Morgan fingerprint density at radius 3 is 2.45 bits per heavy atom. The first kappa shape index (κ1) is 14.8. The Morgan fingerprint density at radius 2 is 1.85 bits per heavy atom. The predicted octanol–water partition coefficient (Wildman–Crippen LogP) is 4.96. The second-order valence-corrected chi connectivity index (χ2v) is 5.83. The minimum absolute atomic E-state index is 0.0855. The van der Waals surface area contributed by atoms with Gasteiger partial charge in [0.05, 0.1) is 0 Å². The van der Waals surface area contributed by atoms with Gasteiger partial charge in [-0.1, -0.05) is 41.4 Å². The first-order valence-corrected chi connectivity index (χ1v) is 7.55. The highest BCUT2D eigenvalue weighted by Gasteiger charge is 2.07. The molecule has 104 valence electrons. The number of halogens is 1. The van der Waals surface area contributed by atoms with E-state index in [2.05, 4.69) is 40.3 Å². The van der Waals surface area contributed by atoms with Crippen LogP contribution in [0.4, 0.5) is 5.69 Å². The Morgan fingerprint density at radius 1 is 1.15 bits per heavy atom. The molecule has 0 bridgehead atoms. The second-order valence-electron chi connectivity index (χ2n) is 4.92. The summed E-state index contributed by atoms with van der Waals surface area (Å²) in [5, 5.41) is 2.92. The standard InChI is InChI=1S/C17H18BrNO/c1-3-4-13-5-7-16(8-6-13)19-17(20)14-9-12(2)10-15(18)11-14/h5-11H,3-4H2,1-2H3,(H,19,20). The van der Waals surface area contributed by atoms with Crippen molar-refractivity contribution in [3.8, 4) is 0 Å². The topological polar surface area (TPSA) is 29.1 Å². The molecular weight excluding hydrogens is 314 g/mol. The summed E-state index contributed by atoms with van der Waals surface area (Å²) in [4.78, 5) is 12.2. The van der Waals surface area contributed by atoms with Gasteiger partial charge in [-0.2, -0.15) is 0 Å². The summed E-state index contributed by atoms with van der Waals surface area (Å²) in [6, 6.07) is 13.7. The molecule has 0 aliphatic carbocycles. The Balaban J connectivity index is 2.10. The van der Waals surface area contributed by atoms with E-state index >= 15 is 0 Å². The molecule has 0 saturated heterocycles. The third kappa shape index (κ3) is 3.94. The van der Waals surface area contributed by atoms with Gasteiger partial charge in [0, 0.05) is 15.7 Å². The Bertz CT molecular complexity index is 585. The van der Waals surface area contributed by atoms with Crippen molar-refractivity contribution < 1.29 is 4.79 Å². The molecule has 2 nitrogen and oxygen atoms in total. The van der Waals surface area contributed by atoms with E-state index in [9.17, 15) is 4.79 Å². The molecule has 1 amide bonds. The van der Waals surface area contributed by atoms with Crippen molar-refractivity contribution in [1.29, 1.82) is 0 Å². The molecule has 3 heteroatoms. The van der Waals surface area contributed by atoms with E-state index < -0.39 is 0 Å². The van der Waals surface area contributed by atoms with E-state index in [1.807, 2.05) is 37.3 Å². The fraction of sp³-hybridized carbons (Fsp3) is 0.235. The Kier molecular flexibility index (Phi) is 4.96. The summed E-state index contributed by atoms with van der Waals surface area (Å²) in [7, 11) is 0. The molecule has 0 aromatic heterocycles. The van der Waals surface area contributed by atoms with E-state index in [0.29, 0.717) is 5.56 Å². The van der Waals surface area contributed by atoms with Crippen LogP contribution in [-0.2, 0) is 6.42 Å². The van der Waals surface area contributed by atoms with E-state index in [4.69, 9.17) is 0 Å². The molecule has 0 aliphatic heterocycles. The van der Waals surface area contributed by atoms with Gasteiger partial charge in [-0.3, -0.25) is 4.79 Å². The van der Waals surface area contributed by atoms with Gasteiger partial charge in [-0.25, -0.2) is 0 Å². The van der Waals surface area contributed by atoms with Crippen molar-refractivity contribution in [1.82, 2.24) is 0 Å². The number of nitrogens with one attached hydrogen (secondary N) is 1. The lowest BCUT2D eigenvalue weighted by Crippen LogP contribution is -2.12. The lowest BCUT2D eigenvalue weighted by atomic mass is 10.1. The van der Waals surface area contributed by atoms with Crippen LogP contribution in [0.1, 0.15) is 34.8 Å². The number of rotatable bonds is 4. The zero-order chi connectivity index (χ0) is 14.5. The molecule has 20 heavy (non-hydrogen) atoms. The fourth-order valence-corrected chi connectivity index (χ4v) is 2.72. The summed E-state index contributed by atoms with van der Waals surface area (Å²) in [6.45, 7) is 4.13. The van der Waals surface area contributed by atoms with Crippen molar-refractivity contribution in [2.45, 2.75) is 26.7 Å². The normalized spacial score (nSPS) is 10.3. The maximum atomic E-state index is 12.2. The highest BCUT2D eigenvalue weighted by atomic mass is 79.9. The molecule has 0 fully saturated rings. The molecule has 0 saturated carbocycles. The van der Waals surface area contributed by atoms with Crippen LogP contribution in [-0.4, -0.2) is 5.91 Å². The van der Waals surface area contributed by atoms with Crippen molar-refractivity contribution in [3.05, 3.63) is 63.6 Å². The zero-order valence-corrected chi connectivity index (χ0v) is 13.3. The monoisotopic (exact) mass is 331 g/mol. The average Bonchev–Trinajstić information content (AvgIpc) is 2.40. The molecule has 1 N–H and O–H groups in total. The molecule has 0 spiro atoms. The van der Waals surface area contributed by atoms with Crippen LogP contribution < -0.4 is 5.32 Å². The van der Waals surface area contributed by atoms with Crippen LogP contribution >= 0.6 is 15.9 Å². The lowest BCUT2D eigenvalue weighted by molar-refractivity contribution is 0.102. The smallest absolute Gasteiger partial charge is 0.255 e. The number of aryl methyl sites for hydroxylation is 2. The van der Waals surface area contributed by atoms with Crippen LogP contribution in [0.5, 0.6) is 0 Å². The first-order valence-electron chi connectivity index (χ1n) is 6.76. The number of hydrogen-bond donors (Lipinski definition) is 1. The number of carbonyl (C=O) groups is 1. The molecule has 0 heterocycles. The molecule has 0 unspecified atom stereocenters. The van der Waals surface area contributed by atoms with Gasteiger partial charge < -0.3 is 5.32 Å². The Labute approximate surface area is 128 Å². The highest BCUT2D eigenvalue weighted by Crippen LogP contribution is 2.17. The summed E-state index contributed by atoms with van der Waals surface area (Å²) >= 11 is 3.41. The van der Waals surface area contributed by atoms with Gasteiger partial charge in [-0.15, -0.1) is 0 Å². The SMILES string of the molecule is CCCc1ccc(NC(=O)c2cc(C)cc(Br)c2)cc1. The molecule has 2 aromatic rings. The van der Waals surface area contributed by atoms with Crippen molar-refractivity contribution in [3.63, 3.8) is 0 Å². The van der Waals surface area contributed by atoms with Crippen molar-refractivity contribution in [2.24, 2.45) is 0 Å². The molecular formula is C17H18BrNO. The van der Waals surface area contributed by atoms with Crippen LogP contribution in [0.25, 0.3) is 0 Å². The number of carbonyl (C=O) groups excluding carboxylic acids is 1. The third-order valence-electron chi connectivity index (χ3n) is 3.05. The van der Waals surface area contributed by atoms with Crippen LogP contribution in [0, 0.1) is 6.92 Å². The van der Waals surface area contributed by atoms with Crippen LogP contribution in [0.2, 0.25) is 0 Å². The van der Waals surface area contributed by atoms with Gasteiger partial charge in [-0.05, 0) is 54.8 Å². The summed E-state index contributed by atoms with van der Waals surface area (Å²) in [6.07, 6.45) is 2.20. The van der Waals surface area contributed by atoms with Gasteiger partial charge in [0.1, 0.15) is 0 Å². The third-order valence-corrected chi connectivity index (χ3v) is 3.51. The molecule has 0 aliphatic rings. The maximum Gasteiger partial charge on any atom is 0.255 e. The number of benzene rings is 2. The quantitative estimate of drug-likeness (QED) is 0.842. The van der Waals surface area contributed by atoms with Gasteiger partial charge >= 0.3 is 0 Å². The second kappa shape index (κ2) is 6.71. The van der Waals surface area contributed by atoms with Gasteiger partial charge in [0.25, 0.3) is 5.91 Å². The summed E-state index contributed by atoms with van der Waals surface area (Å²) in [5.74, 6) is -0.0855. The first-order chi connectivity index (χ1) is 9.58. The molecule has 2 rings (SSSR count). The van der Waals surface area contributed by atoms with E-state index in [-0.39, 0.29) is 5.91 Å². The van der Waals surface area contributed by atoms with Crippen LogP contribution in [0.15, 0.2) is 46.9 Å². The zero-order valence-electron chi connectivity index (χ0n) is 11.7. The summed E-state index contributed by atoms with van der Waals surface area (Å²) < 4.78 is 0.918. The number of anilines is 1. The fourth-order valence-electron chi connectivity index (χ4n) is 2.11. The minimum atomic E-state index is -0.0855. The average molecular weight is 332 g/mol. The van der Waals surface area contributed by atoms with Crippen molar-refractivity contribution >= 4 is 27.5 Å². The molecule has 0 atom stereocenters. The van der Waals surface area contributed by atoms with Gasteiger partial charge in [0.15, 0.2) is 0 Å². The van der Waals surface area contributed by atoms with Crippen LogP contribution in [0.3, 0.4) is 0 Å². The van der Waals surface area contributed by atoms with E-state index in [1.165, 1.54) is 5.56 Å². The minimum Gasteiger partial charge on any atom is -0.322 e. The van der Waals surface area contributed by atoms with Crippen molar-refractivity contribution in [2.75, 3.05) is 5.32 Å². The summed E-state index contributed by atoms with van der Waals surface area (Å²) in [5.41, 5.74) is 3.84. The maximum absolute atomic E-state index is 12.2. The molecule has 0 radical (unpaired) electrons. The van der Waals surface area contributed by atoms with E-state index in [0.717, 1.165) is 28.6 Å². The highest BCUT2D eigenvalue weighted by molar-refractivity contribution is 9.10. The largest absolute Gasteiger partial charge is 0.322 e.